The highest BCUT2D eigenvalue weighted by Crippen LogP contribution is 2.23. The number of carbonyl (C=O) groups excluding carboxylic acids is 2. The molecule has 2 amide bonds. The standard InChI is InChI=1S/C22H24FN5O2/c1-3-28-20-7-5-16(12-19(20)25-26-28)22(30)27-10-8-15(9-11-27)21(29)24-17-6-4-14(2)18(23)13-17/h4-7,12-13,15H,3,8-11H2,1-2H3,(H,24,29). The number of piperidine rings is 1. The van der Waals surface area contributed by atoms with Crippen LogP contribution in [0.25, 0.3) is 11.0 Å². The molecule has 1 aliphatic heterocycles. The average molecular weight is 409 g/mol. The molecule has 2 aromatic carbocycles. The van der Waals surface area contributed by atoms with Gasteiger partial charge in [0.05, 0.1) is 5.52 Å². The highest BCUT2D eigenvalue weighted by molar-refractivity contribution is 5.98. The smallest absolute Gasteiger partial charge is 0.253 e. The summed E-state index contributed by atoms with van der Waals surface area (Å²) in [5.41, 5.74) is 3.16. The molecule has 1 aliphatic rings. The summed E-state index contributed by atoms with van der Waals surface area (Å²) in [6.07, 6.45) is 1.14. The van der Waals surface area contributed by atoms with Crippen molar-refractivity contribution < 1.29 is 14.0 Å². The number of rotatable bonds is 4. The van der Waals surface area contributed by atoms with E-state index in [0.717, 1.165) is 5.52 Å². The van der Waals surface area contributed by atoms with Gasteiger partial charge in [-0.15, -0.1) is 5.10 Å². The average Bonchev–Trinajstić information content (AvgIpc) is 3.18. The van der Waals surface area contributed by atoms with Crippen molar-refractivity contribution in [3.63, 3.8) is 0 Å². The Morgan fingerprint density at radius 3 is 2.63 bits per heavy atom. The minimum Gasteiger partial charge on any atom is -0.339 e. The van der Waals surface area contributed by atoms with Gasteiger partial charge in [-0.1, -0.05) is 11.3 Å². The number of aromatic nitrogens is 3. The molecule has 3 aromatic rings. The summed E-state index contributed by atoms with van der Waals surface area (Å²) in [6, 6.07) is 10.1. The SMILES string of the molecule is CCn1nnc2cc(C(=O)N3CCC(C(=O)Nc4ccc(C)c(F)c4)CC3)ccc21. The molecule has 0 atom stereocenters. The molecule has 7 nitrogen and oxygen atoms in total. The number of benzene rings is 2. The third kappa shape index (κ3) is 3.90. The van der Waals surface area contributed by atoms with Crippen molar-refractivity contribution in [1.82, 2.24) is 19.9 Å². The number of fused-ring (bicyclic) bond motifs is 1. The van der Waals surface area contributed by atoms with Gasteiger partial charge in [0.2, 0.25) is 5.91 Å². The van der Waals surface area contributed by atoms with E-state index in [1.54, 1.807) is 40.8 Å². The molecule has 0 saturated carbocycles. The molecule has 1 saturated heterocycles. The highest BCUT2D eigenvalue weighted by atomic mass is 19.1. The van der Waals surface area contributed by atoms with E-state index < -0.39 is 0 Å². The predicted octanol–water partition coefficient (Wildman–Crippen LogP) is 3.39. The number of anilines is 1. The number of hydrogen-bond acceptors (Lipinski definition) is 4. The summed E-state index contributed by atoms with van der Waals surface area (Å²) >= 11 is 0. The van der Waals surface area contributed by atoms with Gasteiger partial charge >= 0.3 is 0 Å². The van der Waals surface area contributed by atoms with Crippen LogP contribution in [0.1, 0.15) is 35.7 Å². The Bertz CT molecular complexity index is 1100. The molecule has 0 bridgehead atoms. The van der Waals surface area contributed by atoms with Crippen LogP contribution < -0.4 is 5.32 Å². The lowest BCUT2D eigenvalue weighted by Gasteiger charge is -2.31. The first-order valence-corrected chi connectivity index (χ1v) is 10.2. The summed E-state index contributed by atoms with van der Waals surface area (Å²) in [5.74, 6) is -0.750. The topological polar surface area (TPSA) is 80.1 Å². The van der Waals surface area contributed by atoms with Crippen molar-refractivity contribution in [3.05, 3.63) is 53.3 Å². The molecule has 1 aromatic heterocycles. The Morgan fingerprint density at radius 2 is 1.93 bits per heavy atom. The van der Waals surface area contributed by atoms with E-state index in [9.17, 15) is 14.0 Å². The van der Waals surface area contributed by atoms with Gasteiger partial charge in [0.15, 0.2) is 0 Å². The van der Waals surface area contributed by atoms with Crippen LogP contribution in [0, 0.1) is 18.7 Å². The summed E-state index contributed by atoms with van der Waals surface area (Å²) in [6.45, 7) is 5.38. The van der Waals surface area contributed by atoms with Crippen molar-refractivity contribution >= 4 is 28.5 Å². The molecule has 4 rings (SSSR count). The van der Waals surface area contributed by atoms with Gasteiger partial charge in [-0.25, -0.2) is 9.07 Å². The molecule has 2 heterocycles. The molecule has 8 heteroatoms. The quantitative estimate of drug-likeness (QED) is 0.716. The predicted molar refractivity (Wildman–Crippen MR) is 112 cm³/mol. The second-order valence-electron chi connectivity index (χ2n) is 7.63. The third-order valence-electron chi connectivity index (χ3n) is 5.65. The fraction of sp³-hybridized carbons (Fsp3) is 0.364. The van der Waals surface area contributed by atoms with Gasteiger partial charge in [0.1, 0.15) is 11.3 Å². The summed E-state index contributed by atoms with van der Waals surface area (Å²) in [4.78, 5) is 27.2. The lowest BCUT2D eigenvalue weighted by Crippen LogP contribution is -2.41. The normalized spacial score (nSPS) is 14.8. The summed E-state index contributed by atoms with van der Waals surface area (Å²) in [7, 11) is 0. The van der Waals surface area contributed by atoms with Crippen molar-refractivity contribution in [2.75, 3.05) is 18.4 Å². The first-order chi connectivity index (χ1) is 14.5. The third-order valence-corrected chi connectivity index (χ3v) is 5.65. The highest BCUT2D eigenvalue weighted by Gasteiger charge is 2.28. The van der Waals surface area contributed by atoms with Crippen molar-refractivity contribution in [1.29, 1.82) is 0 Å². The zero-order valence-corrected chi connectivity index (χ0v) is 17.1. The Hall–Kier alpha value is -3.29. The van der Waals surface area contributed by atoms with Crippen molar-refractivity contribution in [2.45, 2.75) is 33.2 Å². The van der Waals surface area contributed by atoms with E-state index in [1.807, 2.05) is 13.0 Å². The number of nitrogens with one attached hydrogen (secondary N) is 1. The molecule has 0 radical (unpaired) electrons. The summed E-state index contributed by atoms with van der Waals surface area (Å²) in [5, 5.41) is 11.0. The van der Waals surface area contributed by atoms with Gasteiger partial charge in [-0.2, -0.15) is 0 Å². The number of carbonyl (C=O) groups is 2. The number of nitrogens with zero attached hydrogens (tertiary/aromatic N) is 4. The van der Waals surface area contributed by atoms with Crippen molar-refractivity contribution in [3.8, 4) is 0 Å². The fourth-order valence-corrected chi connectivity index (χ4v) is 3.78. The first-order valence-electron chi connectivity index (χ1n) is 10.2. The van der Waals surface area contributed by atoms with Crippen LogP contribution in [0.2, 0.25) is 0 Å². The maximum Gasteiger partial charge on any atom is 0.253 e. The second kappa shape index (κ2) is 8.22. The zero-order valence-electron chi connectivity index (χ0n) is 17.1. The van der Waals surface area contributed by atoms with E-state index in [0.29, 0.717) is 54.8 Å². The minimum absolute atomic E-state index is 0.0672. The molecule has 1 fully saturated rings. The number of amides is 2. The maximum atomic E-state index is 13.7. The van der Waals surface area contributed by atoms with Gasteiger partial charge in [-0.3, -0.25) is 9.59 Å². The van der Waals surface area contributed by atoms with Crippen LogP contribution in [0.15, 0.2) is 36.4 Å². The van der Waals surface area contributed by atoms with Crippen LogP contribution in [0.4, 0.5) is 10.1 Å². The minimum atomic E-state index is -0.343. The number of likely N-dealkylation sites (tertiary alicyclic amines) is 1. The Labute approximate surface area is 173 Å². The van der Waals surface area contributed by atoms with Gasteiger partial charge in [0.25, 0.3) is 5.91 Å². The van der Waals surface area contributed by atoms with E-state index in [4.69, 9.17) is 0 Å². The monoisotopic (exact) mass is 409 g/mol. The van der Waals surface area contributed by atoms with Crippen LogP contribution in [0.3, 0.4) is 0 Å². The molecular weight excluding hydrogens is 385 g/mol. The Balaban J connectivity index is 1.37. The van der Waals surface area contributed by atoms with Crippen LogP contribution in [-0.4, -0.2) is 44.8 Å². The zero-order chi connectivity index (χ0) is 21.3. The Morgan fingerprint density at radius 1 is 1.17 bits per heavy atom. The van der Waals surface area contributed by atoms with Crippen LogP contribution in [0.5, 0.6) is 0 Å². The summed E-state index contributed by atoms with van der Waals surface area (Å²) < 4.78 is 15.5. The van der Waals surface area contributed by atoms with Gasteiger partial charge in [0, 0.05) is 36.8 Å². The van der Waals surface area contributed by atoms with Gasteiger partial charge in [-0.05, 0) is 62.6 Å². The number of halogens is 1. The van der Waals surface area contributed by atoms with E-state index in [-0.39, 0.29) is 23.5 Å². The van der Waals surface area contributed by atoms with Crippen LogP contribution in [-0.2, 0) is 11.3 Å². The fourth-order valence-electron chi connectivity index (χ4n) is 3.78. The second-order valence-corrected chi connectivity index (χ2v) is 7.63. The molecule has 0 unspecified atom stereocenters. The molecule has 156 valence electrons. The maximum absolute atomic E-state index is 13.7. The van der Waals surface area contributed by atoms with E-state index in [1.165, 1.54) is 6.07 Å². The molecule has 30 heavy (non-hydrogen) atoms. The molecule has 1 N–H and O–H groups in total. The largest absolute Gasteiger partial charge is 0.339 e. The lowest BCUT2D eigenvalue weighted by molar-refractivity contribution is -0.121. The lowest BCUT2D eigenvalue weighted by atomic mass is 9.95. The number of aryl methyl sites for hydroxylation is 2. The van der Waals surface area contributed by atoms with Crippen molar-refractivity contribution in [2.24, 2.45) is 5.92 Å². The number of hydrogen-bond donors (Lipinski definition) is 1. The Kier molecular flexibility index (Phi) is 5.48. The van der Waals surface area contributed by atoms with E-state index >= 15 is 0 Å². The van der Waals surface area contributed by atoms with E-state index in [2.05, 4.69) is 15.6 Å². The molecular formula is C22H24FN5O2. The van der Waals surface area contributed by atoms with Gasteiger partial charge < -0.3 is 10.2 Å². The molecule has 0 aliphatic carbocycles. The molecule has 0 spiro atoms. The van der Waals surface area contributed by atoms with Crippen LogP contribution >= 0.6 is 0 Å². The first kappa shape index (κ1) is 20.0.